The molecule has 0 aliphatic heterocycles. The van der Waals surface area contributed by atoms with Gasteiger partial charge in [0.1, 0.15) is 0 Å². The Bertz CT molecular complexity index is 173. The zero-order valence-electron chi connectivity index (χ0n) is 8.68. The summed E-state index contributed by atoms with van der Waals surface area (Å²) in [6.45, 7) is 6.39. The standard InChI is InChI=1S/C10H18O.Li/c1-7(2)9-5-4-8(3)6-10(9)11;/h7-8,11H,4-6H2,1-3H3;/q;+1/p-1/t8-;/m1./s1. The maximum Gasteiger partial charge on any atom is 1.00 e. The van der Waals surface area contributed by atoms with Crippen molar-refractivity contribution in [3.05, 3.63) is 11.3 Å². The van der Waals surface area contributed by atoms with Crippen molar-refractivity contribution in [1.29, 1.82) is 0 Å². The summed E-state index contributed by atoms with van der Waals surface area (Å²) in [4.78, 5) is 0. The Labute approximate surface area is 87.4 Å². The number of hydrogen-bond donors (Lipinski definition) is 0. The summed E-state index contributed by atoms with van der Waals surface area (Å²) in [5.41, 5.74) is 1.17. The van der Waals surface area contributed by atoms with Crippen LogP contribution in [0.25, 0.3) is 0 Å². The Balaban J connectivity index is 0.00000121. The van der Waals surface area contributed by atoms with E-state index in [1.807, 2.05) is 0 Å². The van der Waals surface area contributed by atoms with Crippen molar-refractivity contribution < 1.29 is 24.0 Å². The summed E-state index contributed by atoms with van der Waals surface area (Å²) in [7, 11) is 0. The van der Waals surface area contributed by atoms with Crippen LogP contribution in [0.2, 0.25) is 0 Å². The summed E-state index contributed by atoms with van der Waals surface area (Å²) in [6.07, 6.45) is 3.03. The smallest absolute Gasteiger partial charge is 0.875 e. The molecule has 0 heterocycles. The average molecular weight is 160 g/mol. The quantitative estimate of drug-likeness (QED) is 0.455. The fraction of sp³-hybridized carbons (Fsp3) is 0.800. The Morgan fingerprint density at radius 2 is 2.00 bits per heavy atom. The summed E-state index contributed by atoms with van der Waals surface area (Å²) < 4.78 is 0. The van der Waals surface area contributed by atoms with Gasteiger partial charge in [0.2, 0.25) is 0 Å². The minimum Gasteiger partial charge on any atom is -0.875 e. The molecular weight excluding hydrogens is 143 g/mol. The molecule has 0 aromatic heterocycles. The van der Waals surface area contributed by atoms with E-state index in [1.165, 1.54) is 12.0 Å². The predicted octanol–water partition coefficient (Wildman–Crippen LogP) is -0.919. The molecule has 0 aromatic carbocycles. The van der Waals surface area contributed by atoms with Gasteiger partial charge in [0.15, 0.2) is 0 Å². The van der Waals surface area contributed by atoms with Crippen molar-refractivity contribution >= 4 is 0 Å². The van der Waals surface area contributed by atoms with Gasteiger partial charge in [0.05, 0.1) is 0 Å². The molecule has 12 heavy (non-hydrogen) atoms. The van der Waals surface area contributed by atoms with E-state index in [4.69, 9.17) is 0 Å². The fourth-order valence-electron chi connectivity index (χ4n) is 1.70. The maximum absolute atomic E-state index is 11.4. The molecule has 0 unspecified atom stereocenters. The van der Waals surface area contributed by atoms with Crippen LogP contribution in [0, 0.1) is 11.8 Å². The Hall–Kier alpha value is 0.137. The van der Waals surface area contributed by atoms with Gasteiger partial charge in [0.25, 0.3) is 0 Å². The molecule has 2 heteroatoms. The summed E-state index contributed by atoms with van der Waals surface area (Å²) in [6, 6.07) is 0. The normalized spacial score (nSPS) is 24.2. The van der Waals surface area contributed by atoms with Gasteiger partial charge in [0, 0.05) is 0 Å². The second-order valence-corrected chi connectivity index (χ2v) is 3.95. The average Bonchev–Trinajstić information content (AvgIpc) is 1.85. The van der Waals surface area contributed by atoms with Gasteiger partial charge in [-0.15, -0.1) is 5.76 Å². The molecule has 0 saturated heterocycles. The zero-order valence-corrected chi connectivity index (χ0v) is 8.68. The van der Waals surface area contributed by atoms with Crippen LogP contribution in [0.15, 0.2) is 11.3 Å². The first-order valence-corrected chi connectivity index (χ1v) is 4.50. The van der Waals surface area contributed by atoms with E-state index in [9.17, 15) is 5.11 Å². The molecule has 1 aliphatic carbocycles. The second kappa shape index (κ2) is 4.99. The number of hydrogen-bond acceptors (Lipinski definition) is 1. The van der Waals surface area contributed by atoms with E-state index < -0.39 is 0 Å². The van der Waals surface area contributed by atoms with Crippen LogP contribution < -0.4 is 24.0 Å². The molecule has 0 fully saturated rings. The third-order valence-electron chi connectivity index (χ3n) is 2.50. The minimum absolute atomic E-state index is 0. The maximum atomic E-state index is 11.4. The van der Waals surface area contributed by atoms with E-state index in [0.29, 0.717) is 17.6 Å². The first kappa shape index (κ1) is 12.1. The molecule has 0 spiro atoms. The van der Waals surface area contributed by atoms with Gasteiger partial charge in [-0.05, 0) is 31.1 Å². The van der Waals surface area contributed by atoms with E-state index >= 15 is 0 Å². The molecule has 0 saturated carbocycles. The van der Waals surface area contributed by atoms with Crippen LogP contribution in [-0.4, -0.2) is 0 Å². The molecule has 1 rings (SSSR count). The van der Waals surface area contributed by atoms with Gasteiger partial charge in [-0.1, -0.05) is 26.3 Å². The monoisotopic (exact) mass is 160 g/mol. The first-order chi connectivity index (χ1) is 5.11. The molecule has 64 valence electrons. The Morgan fingerprint density at radius 3 is 2.42 bits per heavy atom. The van der Waals surface area contributed by atoms with E-state index in [0.717, 1.165) is 12.8 Å². The minimum atomic E-state index is 0. The van der Waals surface area contributed by atoms with E-state index in [2.05, 4.69) is 20.8 Å². The van der Waals surface area contributed by atoms with Crippen molar-refractivity contribution in [2.24, 2.45) is 11.8 Å². The van der Waals surface area contributed by atoms with Gasteiger partial charge in [-0.25, -0.2) is 0 Å². The third-order valence-corrected chi connectivity index (χ3v) is 2.50. The summed E-state index contributed by atoms with van der Waals surface area (Å²) >= 11 is 0. The number of rotatable bonds is 1. The SMILES string of the molecule is CC(C)C1=C([O-])C[C@H](C)CC1.[Li+]. The summed E-state index contributed by atoms with van der Waals surface area (Å²) in [5, 5.41) is 11.4. The molecule has 1 nitrogen and oxygen atoms in total. The van der Waals surface area contributed by atoms with Crippen molar-refractivity contribution in [2.75, 3.05) is 0 Å². The van der Waals surface area contributed by atoms with E-state index in [-0.39, 0.29) is 18.9 Å². The van der Waals surface area contributed by atoms with Crippen LogP contribution in [0.5, 0.6) is 0 Å². The second-order valence-electron chi connectivity index (χ2n) is 3.95. The van der Waals surface area contributed by atoms with Gasteiger partial charge >= 0.3 is 18.9 Å². The van der Waals surface area contributed by atoms with Crippen LogP contribution in [0.4, 0.5) is 0 Å². The van der Waals surface area contributed by atoms with Crippen molar-refractivity contribution in [3.63, 3.8) is 0 Å². The molecule has 1 aliphatic rings. The Morgan fingerprint density at radius 1 is 1.42 bits per heavy atom. The Kier molecular flexibility index (Phi) is 5.05. The van der Waals surface area contributed by atoms with Crippen molar-refractivity contribution in [2.45, 2.75) is 40.0 Å². The number of allylic oxidation sites excluding steroid dienone is 2. The largest absolute Gasteiger partial charge is 1.00 e. The molecule has 0 N–H and O–H groups in total. The molecule has 1 atom stereocenters. The van der Waals surface area contributed by atoms with Crippen molar-refractivity contribution in [1.82, 2.24) is 0 Å². The molecular formula is C10H17LiO. The topological polar surface area (TPSA) is 23.1 Å². The van der Waals surface area contributed by atoms with Crippen molar-refractivity contribution in [3.8, 4) is 0 Å². The van der Waals surface area contributed by atoms with Gasteiger partial charge < -0.3 is 5.11 Å². The van der Waals surface area contributed by atoms with Crippen LogP contribution in [-0.2, 0) is 0 Å². The predicted molar refractivity (Wildman–Crippen MR) is 44.9 cm³/mol. The van der Waals surface area contributed by atoms with Crippen LogP contribution in [0.3, 0.4) is 0 Å². The molecule has 0 bridgehead atoms. The van der Waals surface area contributed by atoms with Crippen LogP contribution >= 0.6 is 0 Å². The zero-order chi connectivity index (χ0) is 8.43. The summed E-state index contributed by atoms with van der Waals surface area (Å²) in [5.74, 6) is 1.50. The molecule has 0 amide bonds. The first-order valence-electron chi connectivity index (χ1n) is 4.50. The van der Waals surface area contributed by atoms with Crippen LogP contribution in [0.1, 0.15) is 40.0 Å². The molecule has 0 radical (unpaired) electrons. The van der Waals surface area contributed by atoms with Gasteiger partial charge in [-0.2, -0.15) is 0 Å². The van der Waals surface area contributed by atoms with E-state index in [1.54, 1.807) is 0 Å². The third kappa shape index (κ3) is 2.88. The fourth-order valence-corrected chi connectivity index (χ4v) is 1.70. The van der Waals surface area contributed by atoms with Gasteiger partial charge in [-0.3, -0.25) is 0 Å². The molecule has 0 aromatic rings.